The van der Waals surface area contributed by atoms with Crippen LogP contribution in [0.3, 0.4) is 0 Å². The molecule has 0 spiro atoms. The molecule has 1 saturated heterocycles. The Morgan fingerprint density at radius 2 is 1.54 bits per heavy atom. The summed E-state index contributed by atoms with van der Waals surface area (Å²) in [5.74, 6) is 0. The highest BCUT2D eigenvalue weighted by atomic mass is 32.2. The maximum atomic E-state index is 12.7. The van der Waals surface area contributed by atoms with E-state index in [2.05, 4.69) is 36.9 Å². The zero-order valence-corrected chi connectivity index (χ0v) is 14.9. The van der Waals surface area contributed by atoms with Crippen molar-refractivity contribution in [3.63, 3.8) is 0 Å². The van der Waals surface area contributed by atoms with Crippen molar-refractivity contribution in [3.8, 4) is 0 Å². The van der Waals surface area contributed by atoms with Crippen LogP contribution in [0.5, 0.6) is 0 Å². The van der Waals surface area contributed by atoms with E-state index in [-0.39, 0.29) is 0 Å². The highest BCUT2D eigenvalue weighted by Gasteiger charge is 2.28. The van der Waals surface area contributed by atoms with Gasteiger partial charge in [-0.1, -0.05) is 12.1 Å². The predicted molar refractivity (Wildman–Crippen MR) is 97.7 cm³/mol. The number of nitrogen functional groups attached to an aromatic ring is 1. The van der Waals surface area contributed by atoms with Gasteiger partial charge in [0.15, 0.2) is 0 Å². The third-order valence-electron chi connectivity index (χ3n) is 4.46. The van der Waals surface area contributed by atoms with E-state index >= 15 is 0 Å². The number of hydrogen-bond acceptors (Lipinski definition) is 4. The molecule has 0 aliphatic carbocycles. The Balaban J connectivity index is 1.75. The van der Waals surface area contributed by atoms with Gasteiger partial charge in [0.2, 0.25) is 10.0 Å². The molecule has 0 amide bonds. The molecule has 0 atom stereocenters. The van der Waals surface area contributed by atoms with Crippen molar-refractivity contribution < 1.29 is 8.42 Å². The maximum absolute atomic E-state index is 12.7. The second-order valence-electron chi connectivity index (χ2n) is 6.25. The van der Waals surface area contributed by atoms with E-state index in [4.69, 9.17) is 5.73 Å². The lowest BCUT2D eigenvalue weighted by molar-refractivity contribution is 0.384. The van der Waals surface area contributed by atoms with Crippen LogP contribution in [0.25, 0.3) is 0 Å². The molecule has 6 heteroatoms. The standard InChI is InChI=1S/C18H23N3O2S/c1-14-3-4-15(2)18(13-14)20-9-11-21(12-10-20)24(22,23)17-7-5-16(19)6-8-17/h3-8,13H,9-12,19H2,1-2H3. The number of piperazine rings is 1. The third kappa shape index (κ3) is 3.25. The molecule has 2 aromatic rings. The van der Waals surface area contributed by atoms with E-state index in [1.165, 1.54) is 16.8 Å². The van der Waals surface area contributed by atoms with Crippen LogP contribution in [0.4, 0.5) is 11.4 Å². The molecule has 1 fully saturated rings. The average molecular weight is 345 g/mol. The summed E-state index contributed by atoms with van der Waals surface area (Å²) in [4.78, 5) is 2.56. The number of hydrogen-bond donors (Lipinski definition) is 1. The van der Waals surface area contributed by atoms with Gasteiger partial charge in [-0.2, -0.15) is 4.31 Å². The summed E-state index contributed by atoms with van der Waals surface area (Å²) in [6.07, 6.45) is 0. The zero-order valence-electron chi connectivity index (χ0n) is 14.1. The fraction of sp³-hybridized carbons (Fsp3) is 0.333. The quantitative estimate of drug-likeness (QED) is 0.868. The number of anilines is 2. The molecule has 0 bridgehead atoms. The zero-order chi connectivity index (χ0) is 17.3. The first-order valence-electron chi connectivity index (χ1n) is 8.06. The van der Waals surface area contributed by atoms with Crippen molar-refractivity contribution in [2.75, 3.05) is 36.8 Å². The molecule has 128 valence electrons. The molecule has 2 N–H and O–H groups in total. The number of rotatable bonds is 3. The summed E-state index contributed by atoms with van der Waals surface area (Å²) in [6, 6.07) is 12.8. The van der Waals surface area contributed by atoms with Gasteiger partial charge in [-0.3, -0.25) is 0 Å². The number of benzene rings is 2. The van der Waals surface area contributed by atoms with E-state index in [1.54, 1.807) is 28.6 Å². The Bertz CT molecular complexity index is 824. The van der Waals surface area contributed by atoms with Gasteiger partial charge in [0.05, 0.1) is 4.90 Å². The first kappa shape index (κ1) is 16.8. The monoisotopic (exact) mass is 345 g/mol. The lowest BCUT2D eigenvalue weighted by Crippen LogP contribution is -2.48. The minimum absolute atomic E-state index is 0.303. The largest absolute Gasteiger partial charge is 0.399 e. The third-order valence-corrected chi connectivity index (χ3v) is 6.37. The van der Waals surface area contributed by atoms with Crippen LogP contribution in [0.15, 0.2) is 47.4 Å². The Labute approximate surface area is 143 Å². The molecule has 24 heavy (non-hydrogen) atoms. The van der Waals surface area contributed by atoms with E-state index in [1.807, 2.05) is 0 Å². The van der Waals surface area contributed by atoms with Gasteiger partial charge in [0.25, 0.3) is 0 Å². The van der Waals surface area contributed by atoms with Gasteiger partial charge in [0.1, 0.15) is 0 Å². The Kier molecular flexibility index (Phi) is 4.51. The van der Waals surface area contributed by atoms with Crippen molar-refractivity contribution >= 4 is 21.4 Å². The van der Waals surface area contributed by atoms with Crippen molar-refractivity contribution in [1.29, 1.82) is 0 Å². The van der Waals surface area contributed by atoms with Crippen LogP contribution >= 0.6 is 0 Å². The van der Waals surface area contributed by atoms with Gasteiger partial charge in [-0.05, 0) is 55.3 Å². The van der Waals surface area contributed by atoms with Crippen molar-refractivity contribution in [1.82, 2.24) is 4.31 Å². The van der Waals surface area contributed by atoms with Crippen LogP contribution < -0.4 is 10.6 Å². The summed E-state index contributed by atoms with van der Waals surface area (Å²) in [7, 11) is -3.45. The average Bonchev–Trinajstić information content (AvgIpc) is 2.57. The Hall–Kier alpha value is -2.05. The molecule has 5 nitrogen and oxygen atoms in total. The highest BCUT2D eigenvalue weighted by Crippen LogP contribution is 2.25. The second kappa shape index (κ2) is 6.45. The predicted octanol–water partition coefficient (Wildman–Crippen LogP) is 2.40. The molecule has 1 heterocycles. The van der Waals surface area contributed by atoms with Gasteiger partial charge in [-0.15, -0.1) is 0 Å². The van der Waals surface area contributed by atoms with E-state index in [0.717, 1.165) is 0 Å². The molecule has 0 saturated carbocycles. The van der Waals surface area contributed by atoms with Crippen LogP contribution in [-0.2, 0) is 10.0 Å². The molecular formula is C18H23N3O2S. The fourth-order valence-electron chi connectivity index (χ4n) is 3.02. The molecule has 3 rings (SSSR count). The topological polar surface area (TPSA) is 66.6 Å². The van der Waals surface area contributed by atoms with Crippen molar-refractivity contribution in [2.24, 2.45) is 0 Å². The summed E-state index contributed by atoms with van der Waals surface area (Å²) in [5, 5.41) is 0. The summed E-state index contributed by atoms with van der Waals surface area (Å²) in [6.45, 7) is 6.52. The van der Waals surface area contributed by atoms with Crippen LogP contribution in [0.2, 0.25) is 0 Å². The fourth-order valence-corrected chi connectivity index (χ4v) is 4.44. The maximum Gasteiger partial charge on any atom is 0.243 e. The van der Waals surface area contributed by atoms with Crippen LogP contribution in [-0.4, -0.2) is 38.9 Å². The summed E-state index contributed by atoms with van der Waals surface area (Å²) in [5.41, 5.74) is 9.83. The minimum Gasteiger partial charge on any atom is -0.399 e. The molecule has 0 unspecified atom stereocenters. The number of nitrogens with zero attached hydrogens (tertiary/aromatic N) is 2. The molecular weight excluding hydrogens is 322 g/mol. The molecule has 0 aromatic heterocycles. The highest BCUT2D eigenvalue weighted by molar-refractivity contribution is 7.89. The Morgan fingerprint density at radius 3 is 2.17 bits per heavy atom. The second-order valence-corrected chi connectivity index (χ2v) is 8.19. The van der Waals surface area contributed by atoms with Crippen molar-refractivity contribution in [3.05, 3.63) is 53.6 Å². The molecule has 1 aliphatic rings. The lowest BCUT2D eigenvalue weighted by Gasteiger charge is -2.36. The summed E-state index contributed by atoms with van der Waals surface area (Å²) >= 11 is 0. The first-order chi connectivity index (χ1) is 11.4. The normalized spacial score (nSPS) is 16.3. The number of nitrogens with two attached hydrogens (primary N) is 1. The van der Waals surface area contributed by atoms with E-state index in [9.17, 15) is 8.42 Å². The van der Waals surface area contributed by atoms with Gasteiger partial charge >= 0.3 is 0 Å². The van der Waals surface area contributed by atoms with Gasteiger partial charge < -0.3 is 10.6 Å². The summed E-state index contributed by atoms with van der Waals surface area (Å²) < 4.78 is 27.0. The van der Waals surface area contributed by atoms with Gasteiger partial charge in [0, 0.05) is 37.6 Å². The smallest absolute Gasteiger partial charge is 0.243 e. The number of sulfonamides is 1. The SMILES string of the molecule is Cc1ccc(C)c(N2CCN(S(=O)(=O)c3ccc(N)cc3)CC2)c1. The first-order valence-corrected chi connectivity index (χ1v) is 9.50. The van der Waals surface area contributed by atoms with Gasteiger partial charge in [-0.25, -0.2) is 8.42 Å². The Morgan fingerprint density at radius 1 is 0.917 bits per heavy atom. The minimum atomic E-state index is -3.45. The van der Waals surface area contributed by atoms with Crippen LogP contribution in [0.1, 0.15) is 11.1 Å². The number of aryl methyl sites for hydroxylation is 2. The van der Waals surface area contributed by atoms with E-state index in [0.29, 0.717) is 36.8 Å². The van der Waals surface area contributed by atoms with Crippen molar-refractivity contribution in [2.45, 2.75) is 18.7 Å². The van der Waals surface area contributed by atoms with E-state index < -0.39 is 10.0 Å². The van der Waals surface area contributed by atoms with Crippen LogP contribution in [0, 0.1) is 13.8 Å². The molecule has 0 radical (unpaired) electrons. The lowest BCUT2D eigenvalue weighted by atomic mass is 10.1. The molecule has 2 aromatic carbocycles. The molecule has 1 aliphatic heterocycles.